The number of unbranched alkanes of at least 4 members (excludes halogenated alkanes) is 10. The van der Waals surface area contributed by atoms with Crippen LogP contribution < -0.4 is 0 Å². The Bertz CT molecular complexity index is 178. The first-order chi connectivity index (χ1) is 10.2. The van der Waals surface area contributed by atoms with Gasteiger partial charge in [-0.15, -0.1) is 0 Å². The average Bonchev–Trinajstić information content (AvgIpc) is 2.52. The van der Waals surface area contributed by atoms with Crippen molar-refractivity contribution in [3.05, 3.63) is 0 Å². The third-order valence-electron chi connectivity index (χ3n) is 5.31. The molecule has 128 valence electrons. The Morgan fingerprint density at radius 1 is 0.429 bits per heavy atom. The van der Waals surface area contributed by atoms with Gasteiger partial charge in [0.2, 0.25) is 0 Å². The maximum atomic E-state index is 2.48. The van der Waals surface area contributed by atoms with Gasteiger partial charge in [-0.05, 0) is 39.5 Å². The highest BCUT2D eigenvalue weighted by atomic mass is 31.2. The summed E-state index contributed by atoms with van der Waals surface area (Å²) in [6.45, 7) is 9.58. The predicted molar refractivity (Wildman–Crippen MR) is 104 cm³/mol. The van der Waals surface area contributed by atoms with Crippen LogP contribution in [0.5, 0.6) is 0 Å². The van der Waals surface area contributed by atoms with Crippen LogP contribution in [0.25, 0.3) is 0 Å². The van der Waals surface area contributed by atoms with Crippen molar-refractivity contribution in [2.24, 2.45) is 0 Å². The first-order valence-electron chi connectivity index (χ1n) is 10.1. The number of rotatable bonds is 16. The van der Waals surface area contributed by atoms with Gasteiger partial charge in [-0.3, -0.25) is 0 Å². The van der Waals surface area contributed by atoms with Crippen molar-refractivity contribution in [1.29, 1.82) is 0 Å². The molecule has 0 aromatic heterocycles. The molecule has 0 atom stereocenters. The van der Waals surface area contributed by atoms with Crippen LogP contribution in [0, 0.1) is 0 Å². The van der Waals surface area contributed by atoms with Gasteiger partial charge < -0.3 is 0 Å². The van der Waals surface area contributed by atoms with Gasteiger partial charge in [-0.1, -0.05) is 65.2 Å². The monoisotopic (exact) mass is 315 g/mol. The van der Waals surface area contributed by atoms with E-state index < -0.39 is 7.26 Å². The molecule has 0 spiro atoms. The highest BCUT2D eigenvalue weighted by Gasteiger charge is 2.31. The zero-order valence-electron chi connectivity index (χ0n) is 15.8. The van der Waals surface area contributed by atoms with Crippen LogP contribution in [0.3, 0.4) is 0 Å². The smallest absolute Gasteiger partial charge is 0.0594 e. The van der Waals surface area contributed by atoms with Crippen LogP contribution in [0.2, 0.25) is 0 Å². The molecule has 0 aliphatic heterocycles. The molecule has 0 rings (SSSR count). The maximum absolute atomic E-state index is 2.48. The Balaban J connectivity index is 3.78. The maximum Gasteiger partial charge on any atom is 0.0594 e. The van der Waals surface area contributed by atoms with Gasteiger partial charge in [-0.2, -0.15) is 0 Å². The van der Waals surface area contributed by atoms with Gasteiger partial charge in [0.1, 0.15) is 0 Å². The van der Waals surface area contributed by atoms with E-state index in [1.54, 1.807) is 12.3 Å². The third kappa shape index (κ3) is 11.6. The van der Waals surface area contributed by atoms with Crippen molar-refractivity contribution >= 4 is 7.26 Å². The second kappa shape index (κ2) is 15.3. The molecule has 0 fully saturated rings. The first-order valence-corrected chi connectivity index (χ1v) is 12.6. The van der Waals surface area contributed by atoms with E-state index in [-0.39, 0.29) is 0 Å². The van der Waals surface area contributed by atoms with E-state index in [0.717, 1.165) is 0 Å². The first kappa shape index (κ1) is 21.4. The van der Waals surface area contributed by atoms with Gasteiger partial charge in [0, 0.05) is 7.26 Å². The minimum atomic E-state index is -0.569. The molecule has 21 heavy (non-hydrogen) atoms. The van der Waals surface area contributed by atoms with Gasteiger partial charge in [0.15, 0.2) is 0 Å². The summed E-state index contributed by atoms with van der Waals surface area (Å²) in [4.78, 5) is 0. The number of hydrogen-bond donors (Lipinski definition) is 0. The molecule has 0 radical (unpaired) electrons. The summed E-state index contributed by atoms with van der Waals surface area (Å²) in [6.07, 6.45) is 23.8. The lowest BCUT2D eigenvalue weighted by Gasteiger charge is -2.25. The molecule has 0 saturated heterocycles. The molecule has 0 aromatic carbocycles. The second-order valence-corrected chi connectivity index (χ2v) is 11.8. The molecule has 0 heterocycles. The predicted octanol–water partition coefficient (Wildman–Crippen LogP) is 7.76. The summed E-state index contributed by atoms with van der Waals surface area (Å²) in [5.74, 6) is 0. The lowest BCUT2D eigenvalue weighted by Crippen LogP contribution is -2.09. The summed E-state index contributed by atoms with van der Waals surface area (Å²) in [5, 5.41) is 0. The lowest BCUT2D eigenvalue weighted by atomic mass is 10.1. The highest BCUT2D eigenvalue weighted by Crippen LogP contribution is 2.59. The quantitative estimate of drug-likeness (QED) is 0.201. The van der Waals surface area contributed by atoms with E-state index in [2.05, 4.69) is 27.7 Å². The Kier molecular flexibility index (Phi) is 15.6. The van der Waals surface area contributed by atoms with Crippen LogP contribution in [0.1, 0.15) is 105 Å². The molecular weight excluding hydrogens is 271 g/mol. The van der Waals surface area contributed by atoms with Crippen LogP contribution in [0.4, 0.5) is 0 Å². The van der Waals surface area contributed by atoms with Crippen molar-refractivity contribution in [2.75, 3.05) is 24.6 Å². The van der Waals surface area contributed by atoms with Gasteiger partial charge >= 0.3 is 0 Å². The van der Waals surface area contributed by atoms with Crippen LogP contribution >= 0.6 is 7.26 Å². The zero-order valence-corrected chi connectivity index (χ0v) is 16.7. The summed E-state index contributed by atoms with van der Waals surface area (Å²) in [7, 11) is -0.569. The lowest BCUT2D eigenvalue weighted by molar-refractivity contribution is 0.620. The topological polar surface area (TPSA) is 0 Å². The molecular formula is C20H44P+. The number of hydrogen-bond acceptors (Lipinski definition) is 0. The van der Waals surface area contributed by atoms with Gasteiger partial charge in [0.25, 0.3) is 0 Å². The van der Waals surface area contributed by atoms with E-state index >= 15 is 0 Å². The van der Waals surface area contributed by atoms with Crippen molar-refractivity contribution in [3.8, 4) is 0 Å². The minimum absolute atomic E-state index is 0.569. The Hall–Kier alpha value is 0.430. The van der Waals surface area contributed by atoms with E-state index in [1.165, 1.54) is 89.4 Å². The SMILES string of the molecule is CCCCCCCC[P+](CC)(CC)CCCCCCCC. The normalized spacial score (nSPS) is 12.0. The summed E-state index contributed by atoms with van der Waals surface area (Å²) in [6, 6.07) is 0. The molecule has 0 unspecified atom stereocenters. The van der Waals surface area contributed by atoms with Gasteiger partial charge in [-0.25, -0.2) is 0 Å². The van der Waals surface area contributed by atoms with Gasteiger partial charge in [0.05, 0.1) is 24.6 Å². The molecule has 0 N–H and O–H groups in total. The highest BCUT2D eigenvalue weighted by molar-refractivity contribution is 7.75. The fourth-order valence-corrected chi connectivity index (χ4v) is 7.15. The van der Waals surface area contributed by atoms with Crippen molar-refractivity contribution in [3.63, 3.8) is 0 Å². The van der Waals surface area contributed by atoms with Crippen molar-refractivity contribution < 1.29 is 0 Å². The third-order valence-corrected chi connectivity index (χ3v) is 10.5. The van der Waals surface area contributed by atoms with E-state index in [9.17, 15) is 0 Å². The molecule has 0 aliphatic rings. The van der Waals surface area contributed by atoms with Crippen LogP contribution in [-0.4, -0.2) is 24.6 Å². The largest absolute Gasteiger partial charge is 0.0654 e. The fraction of sp³-hybridized carbons (Fsp3) is 1.00. The summed E-state index contributed by atoms with van der Waals surface area (Å²) >= 11 is 0. The Morgan fingerprint density at radius 2 is 0.762 bits per heavy atom. The molecule has 0 aromatic rings. The van der Waals surface area contributed by atoms with E-state index in [0.29, 0.717) is 0 Å². The van der Waals surface area contributed by atoms with Crippen LogP contribution in [-0.2, 0) is 0 Å². The Morgan fingerprint density at radius 3 is 1.10 bits per heavy atom. The Labute approximate surface area is 137 Å². The average molecular weight is 316 g/mol. The second-order valence-electron chi connectivity index (χ2n) is 6.96. The zero-order chi connectivity index (χ0) is 15.8. The summed E-state index contributed by atoms with van der Waals surface area (Å²) in [5.41, 5.74) is 0. The van der Waals surface area contributed by atoms with E-state index in [1.807, 2.05) is 0 Å². The summed E-state index contributed by atoms with van der Waals surface area (Å²) < 4.78 is 0. The molecule has 0 saturated carbocycles. The molecule has 1 heteroatoms. The molecule has 0 aliphatic carbocycles. The van der Waals surface area contributed by atoms with Crippen molar-refractivity contribution in [1.82, 2.24) is 0 Å². The molecule has 0 nitrogen and oxygen atoms in total. The molecule has 0 bridgehead atoms. The fourth-order valence-electron chi connectivity index (χ4n) is 3.42. The minimum Gasteiger partial charge on any atom is -0.0654 e. The van der Waals surface area contributed by atoms with Crippen LogP contribution in [0.15, 0.2) is 0 Å². The molecule has 0 amide bonds. The van der Waals surface area contributed by atoms with E-state index in [4.69, 9.17) is 0 Å². The standard InChI is InChI=1S/C20H44P/c1-5-9-11-13-15-17-19-21(7-3,8-4)20-18-16-14-12-10-6-2/h5-20H2,1-4H3/q+1. The van der Waals surface area contributed by atoms with Crippen molar-refractivity contribution in [2.45, 2.75) is 105 Å².